The number of ether oxygens (including phenoxy) is 1. The third-order valence-electron chi connectivity index (χ3n) is 4.01. The van der Waals surface area contributed by atoms with Crippen LogP contribution in [0.15, 0.2) is 54.6 Å². The maximum atomic E-state index is 11.6. The third-order valence-corrected chi connectivity index (χ3v) is 5.37. The zero-order valence-electron chi connectivity index (χ0n) is 12.9. The third kappa shape index (κ3) is 3.51. The summed E-state index contributed by atoms with van der Waals surface area (Å²) in [5, 5.41) is 9.58. The molecule has 1 N–H and O–H groups in total. The van der Waals surface area contributed by atoms with Crippen LogP contribution < -0.4 is 4.74 Å². The summed E-state index contributed by atoms with van der Waals surface area (Å²) >= 11 is 1.68. The van der Waals surface area contributed by atoms with Gasteiger partial charge in [0.25, 0.3) is 0 Å². The zero-order chi connectivity index (χ0) is 16.2. The van der Waals surface area contributed by atoms with Crippen molar-refractivity contribution < 1.29 is 14.6 Å². The molecule has 23 heavy (non-hydrogen) atoms. The molecule has 0 saturated carbocycles. The van der Waals surface area contributed by atoms with E-state index in [4.69, 9.17) is 4.74 Å². The van der Waals surface area contributed by atoms with Gasteiger partial charge >= 0.3 is 5.97 Å². The quantitative estimate of drug-likeness (QED) is 0.911. The van der Waals surface area contributed by atoms with Crippen molar-refractivity contribution in [1.29, 1.82) is 0 Å². The van der Waals surface area contributed by atoms with E-state index >= 15 is 0 Å². The minimum Gasteiger partial charge on any atom is -0.497 e. The molecule has 3 rings (SSSR count). The first-order valence-corrected chi connectivity index (χ1v) is 8.52. The van der Waals surface area contributed by atoms with Crippen molar-refractivity contribution in [2.45, 2.75) is 18.0 Å². The molecule has 1 heterocycles. The van der Waals surface area contributed by atoms with Crippen molar-refractivity contribution in [3.05, 3.63) is 65.7 Å². The van der Waals surface area contributed by atoms with Crippen molar-refractivity contribution in [3.8, 4) is 5.75 Å². The van der Waals surface area contributed by atoms with Crippen molar-refractivity contribution in [2.75, 3.05) is 12.9 Å². The fourth-order valence-corrected chi connectivity index (χ4v) is 4.26. The predicted octanol–water partition coefficient (Wildman–Crippen LogP) is 3.40. The molecule has 4 nitrogen and oxygen atoms in total. The molecule has 0 amide bonds. The van der Waals surface area contributed by atoms with E-state index in [0.717, 1.165) is 16.9 Å². The Balaban J connectivity index is 1.86. The highest BCUT2D eigenvalue weighted by Crippen LogP contribution is 2.42. The van der Waals surface area contributed by atoms with Crippen LogP contribution in [-0.2, 0) is 11.3 Å². The Morgan fingerprint density at radius 1 is 1.22 bits per heavy atom. The fraction of sp³-hybridized carbons (Fsp3) is 0.278. The number of hydrogen-bond acceptors (Lipinski definition) is 4. The van der Waals surface area contributed by atoms with E-state index in [2.05, 4.69) is 4.90 Å². The van der Waals surface area contributed by atoms with Crippen LogP contribution in [0.25, 0.3) is 0 Å². The Morgan fingerprint density at radius 2 is 1.91 bits per heavy atom. The summed E-state index contributed by atoms with van der Waals surface area (Å²) in [7, 11) is 1.64. The van der Waals surface area contributed by atoms with Gasteiger partial charge in [-0.15, -0.1) is 11.8 Å². The van der Waals surface area contributed by atoms with E-state index in [-0.39, 0.29) is 5.37 Å². The molecular weight excluding hydrogens is 310 g/mol. The van der Waals surface area contributed by atoms with Crippen molar-refractivity contribution >= 4 is 17.7 Å². The Bertz CT molecular complexity index is 660. The SMILES string of the molecule is COc1ccc(C2SCC(C(=O)O)N2Cc2ccccc2)cc1. The van der Waals surface area contributed by atoms with Crippen molar-refractivity contribution in [2.24, 2.45) is 0 Å². The van der Waals surface area contributed by atoms with Crippen LogP contribution in [0.3, 0.4) is 0 Å². The number of carboxylic acids is 1. The summed E-state index contributed by atoms with van der Waals surface area (Å²) in [6.07, 6.45) is 0. The van der Waals surface area contributed by atoms with Gasteiger partial charge in [-0.05, 0) is 23.3 Å². The number of thioether (sulfide) groups is 1. The molecule has 2 unspecified atom stereocenters. The smallest absolute Gasteiger partial charge is 0.321 e. The van der Waals surface area contributed by atoms with Crippen LogP contribution in [0.5, 0.6) is 5.75 Å². The van der Waals surface area contributed by atoms with E-state index in [9.17, 15) is 9.90 Å². The second-order valence-electron chi connectivity index (χ2n) is 5.47. The first-order chi connectivity index (χ1) is 11.2. The Hall–Kier alpha value is -1.98. The molecule has 0 radical (unpaired) electrons. The average Bonchev–Trinajstić information content (AvgIpc) is 2.99. The van der Waals surface area contributed by atoms with Crippen LogP contribution in [0.1, 0.15) is 16.5 Å². The summed E-state index contributed by atoms with van der Waals surface area (Å²) in [6.45, 7) is 0.626. The molecule has 1 aliphatic heterocycles. The predicted molar refractivity (Wildman–Crippen MR) is 91.6 cm³/mol. The number of rotatable bonds is 5. The molecule has 2 aromatic rings. The summed E-state index contributed by atoms with van der Waals surface area (Å²) in [6, 6.07) is 17.4. The summed E-state index contributed by atoms with van der Waals surface area (Å²) < 4.78 is 5.20. The van der Waals surface area contributed by atoms with E-state index in [1.165, 1.54) is 0 Å². The molecule has 0 bridgehead atoms. The normalized spacial score (nSPS) is 21.3. The number of benzene rings is 2. The topological polar surface area (TPSA) is 49.8 Å². The lowest BCUT2D eigenvalue weighted by molar-refractivity contribution is -0.142. The maximum Gasteiger partial charge on any atom is 0.321 e. The van der Waals surface area contributed by atoms with Gasteiger partial charge in [-0.3, -0.25) is 9.69 Å². The molecule has 0 aliphatic carbocycles. The van der Waals surface area contributed by atoms with E-state index < -0.39 is 12.0 Å². The molecule has 1 fully saturated rings. The van der Waals surface area contributed by atoms with E-state index in [0.29, 0.717) is 12.3 Å². The van der Waals surface area contributed by atoms with Crippen LogP contribution >= 0.6 is 11.8 Å². The van der Waals surface area contributed by atoms with Gasteiger partial charge in [0.15, 0.2) is 0 Å². The van der Waals surface area contributed by atoms with Gasteiger partial charge in [-0.25, -0.2) is 0 Å². The van der Waals surface area contributed by atoms with E-state index in [1.807, 2.05) is 54.6 Å². The van der Waals surface area contributed by atoms with Crippen LogP contribution in [0, 0.1) is 0 Å². The van der Waals surface area contributed by atoms with Gasteiger partial charge in [0.2, 0.25) is 0 Å². The molecule has 1 saturated heterocycles. The molecule has 1 aliphatic rings. The Kier molecular flexibility index (Phi) is 4.88. The molecular formula is C18H19NO3S. The Morgan fingerprint density at radius 3 is 2.52 bits per heavy atom. The molecule has 0 spiro atoms. The van der Waals surface area contributed by atoms with Gasteiger partial charge in [0.05, 0.1) is 12.5 Å². The first-order valence-electron chi connectivity index (χ1n) is 7.47. The highest BCUT2D eigenvalue weighted by Gasteiger charge is 2.39. The number of aliphatic carboxylic acids is 1. The number of carbonyl (C=O) groups is 1. The lowest BCUT2D eigenvalue weighted by Crippen LogP contribution is -2.38. The lowest BCUT2D eigenvalue weighted by atomic mass is 10.1. The minimum absolute atomic E-state index is 0.0437. The summed E-state index contributed by atoms with van der Waals surface area (Å²) in [5.74, 6) is 0.643. The number of methoxy groups -OCH3 is 1. The number of carboxylic acid groups (broad SMARTS) is 1. The van der Waals surface area contributed by atoms with Crippen LogP contribution in [-0.4, -0.2) is 34.9 Å². The summed E-state index contributed by atoms with van der Waals surface area (Å²) in [4.78, 5) is 13.7. The standard InChI is InChI=1S/C18H19NO3S/c1-22-15-9-7-14(8-10-15)17-19(16(12-23-17)18(20)21)11-13-5-3-2-4-6-13/h2-10,16-17H,11-12H2,1H3,(H,20,21). The van der Waals surface area contributed by atoms with Gasteiger partial charge in [0.1, 0.15) is 11.8 Å². The van der Waals surface area contributed by atoms with Gasteiger partial charge in [-0.1, -0.05) is 42.5 Å². The first kappa shape index (κ1) is 15.9. The van der Waals surface area contributed by atoms with Gasteiger partial charge in [0, 0.05) is 12.3 Å². The second-order valence-corrected chi connectivity index (χ2v) is 6.58. The van der Waals surface area contributed by atoms with E-state index in [1.54, 1.807) is 18.9 Å². The molecule has 120 valence electrons. The minimum atomic E-state index is -0.760. The fourth-order valence-electron chi connectivity index (χ4n) is 2.79. The molecule has 2 aromatic carbocycles. The van der Waals surface area contributed by atoms with Crippen molar-refractivity contribution in [3.63, 3.8) is 0 Å². The number of nitrogens with zero attached hydrogens (tertiary/aromatic N) is 1. The number of hydrogen-bond donors (Lipinski definition) is 1. The highest BCUT2D eigenvalue weighted by atomic mass is 32.2. The molecule has 0 aromatic heterocycles. The average molecular weight is 329 g/mol. The van der Waals surface area contributed by atoms with Crippen molar-refractivity contribution in [1.82, 2.24) is 4.90 Å². The lowest BCUT2D eigenvalue weighted by Gasteiger charge is -2.27. The zero-order valence-corrected chi connectivity index (χ0v) is 13.7. The van der Waals surface area contributed by atoms with Gasteiger partial charge in [-0.2, -0.15) is 0 Å². The van der Waals surface area contributed by atoms with Crippen LogP contribution in [0.2, 0.25) is 0 Å². The largest absolute Gasteiger partial charge is 0.497 e. The summed E-state index contributed by atoms with van der Waals surface area (Å²) in [5.41, 5.74) is 2.23. The molecule has 5 heteroatoms. The highest BCUT2D eigenvalue weighted by molar-refractivity contribution is 7.99. The van der Waals surface area contributed by atoms with Gasteiger partial charge < -0.3 is 9.84 Å². The van der Waals surface area contributed by atoms with Crippen LogP contribution in [0.4, 0.5) is 0 Å². The molecule has 2 atom stereocenters. The second kappa shape index (κ2) is 7.06. The Labute approximate surface area is 140 Å². The monoisotopic (exact) mass is 329 g/mol. The maximum absolute atomic E-state index is 11.6.